The van der Waals surface area contributed by atoms with Crippen molar-refractivity contribution >= 4 is 42.3 Å². The van der Waals surface area contributed by atoms with E-state index in [-0.39, 0.29) is 11.8 Å². The van der Waals surface area contributed by atoms with Crippen LogP contribution in [0.5, 0.6) is 0 Å². The Balaban J connectivity index is 1.23. The van der Waals surface area contributed by atoms with Gasteiger partial charge in [0.05, 0.1) is 24.6 Å². The van der Waals surface area contributed by atoms with Gasteiger partial charge in [0.15, 0.2) is 0 Å². The van der Waals surface area contributed by atoms with Gasteiger partial charge in [0.1, 0.15) is 0 Å². The molecule has 1 fully saturated rings. The molecule has 1 aromatic heterocycles. The Labute approximate surface area is 198 Å². The van der Waals surface area contributed by atoms with E-state index in [4.69, 9.17) is 14.8 Å². The number of nitrogens with two attached hydrogens (primary N) is 1. The molecular formula is C26H23N2O3PS. The van der Waals surface area contributed by atoms with Crippen molar-refractivity contribution in [2.24, 2.45) is 0 Å². The van der Waals surface area contributed by atoms with Gasteiger partial charge in [-0.25, -0.2) is 0 Å². The monoisotopic (exact) mass is 474 g/mol. The second-order valence-electron chi connectivity index (χ2n) is 7.74. The summed E-state index contributed by atoms with van der Waals surface area (Å²) in [6.45, 7) is 1.19. The number of amides is 1. The van der Waals surface area contributed by atoms with E-state index in [0.29, 0.717) is 30.2 Å². The van der Waals surface area contributed by atoms with Gasteiger partial charge in [0.25, 0.3) is 5.91 Å². The van der Waals surface area contributed by atoms with Crippen molar-refractivity contribution in [1.29, 1.82) is 0 Å². The van der Waals surface area contributed by atoms with Crippen LogP contribution < -0.4 is 16.4 Å². The molecule has 0 spiro atoms. The van der Waals surface area contributed by atoms with Crippen molar-refractivity contribution in [2.75, 3.05) is 24.3 Å². The van der Waals surface area contributed by atoms with E-state index in [9.17, 15) is 4.79 Å². The van der Waals surface area contributed by atoms with Crippen molar-refractivity contribution < 1.29 is 13.8 Å². The molecule has 0 atom stereocenters. The lowest BCUT2D eigenvalue weighted by molar-refractivity contribution is 0.102. The highest BCUT2D eigenvalue weighted by molar-refractivity contribution is 7.56. The first kappa shape index (κ1) is 21.8. The zero-order chi connectivity index (χ0) is 22.6. The molecule has 0 saturated carbocycles. The van der Waals surface area contributed by atoms with Gasteiger partial charge in [-0.15, -0.1) is 11.3 Å². The predicted octanol–water partition coefficient (Wildman–Crippen LogP) is 6.02. The summed E-state index contributed by atoms with van der Waals surface area (Å²) in [7, 11) is -1.02. The normalized spacial score (nSPS) is 18.1. The maximum Gasteiger partial charge on any atom is 0.255 e. The van der Waals surface area contributed by atoms with E-state index in [0.717, 1.165) is 21.3 Å². The maximum absolute atomic E-state index is 12.8. The molecule has 3 aromatic carbocycles. The van der Waals surface area contributed by atoms with Crippen LogP contribution >= 0.6 is 19.7 Å². The van der Waals surface area contributed by atoms with Crippen LogP contribution in [-0.4, -0.2) is 19.1 Å². The minimum Gasteiger partial charge on any atom is -0.397 e. The quantitative estimate of drug-likeness (QED) is 0.274. The van der Waals surface area contributed by atoms with Gasteiger partial charge >= 0.3 is 0 Å². The van der Waals surface area contributed by atoms with Crippen LogP contribution in [0.15, 0.2) is 90.3 Å². The van der Waals surface area contributed by atoms with Gasteiger partial charge in [-0.05, 0) is 59.0 Å². The Kier molecular flexibility index (Phi) is 6.51. The van der Waals surface area contributed by atoms with Gasteiger partial charge in [-0.2, -0.15) is 0 Å². The van der Waals surface area contributed by atoms with Gasteiger partial charge in [-0.1, -0.05) is 42.5 Å². The number of nitrogen functional groups attached to an aromatic ring is 1. The molecule has 1 saturated heterocycles. The zero-order valence-corrected chi connectivity index (χ0v) is 19.5. The second-order valence-corrected chi connectivity index (χ2v) is 10.2. The molecule has 1 aliphatic rings. The Hall–Kier alpha value is -3.02. The summed E-state index contributed by atoms with van der Waals surface area (Å²) >= 11 is 1.65. The molecule has 5 nitrogen and oxygen atoms in total. The fourth-order valence-corrected chi connectivity index (χ4v) is 5.80. The summed E-state index contributed by atoms with van der Waals surface area (Å²) in [4.78, 5) is 14.0. The van der Waals surface area contributed by atoms with Gasteiger partial charge in [0.2, 0.25) is 8.38 Å². The minimum atomic E-state index is -1.02. The number of carbonyl (C=O) groups is 1. The van der Waals surface area contributed by atoms with Crippen LogP contribution in [0, 0.1) is 0 Å². The van der Waals surface area contributed by atoms with Gasteiger partial charge in [0, 0.05) is 21.7 Å². The largest absolute Gasteiger partial charge is 0.397 e. The SMILES string of the molecule is Nc1ccc(-c2cccs2)cc1NC(=O)c1ccc(C2COP(c3ccccc3)OC2)cc1. The first-order valence-corrected chi connectivity index (χ1v) is 12.7. The molecule has 4 aromatic rings. The van der Waals surface area contributed by atoms with Crippen LogP contribution in [-0.2, 0) is 9.05 Å². The molecule has 0 unspecified atom stereocenters. The molecule has 0 aliphatic carbocycles. The highest BCUT2D eigenvalue weighted by Crippen LogP contribution is 2.43. The van der Waals surface area contributed by atoms with Crippen LogP contribution in [0.25, 0.3) is 10.4 Å². The van der Waals surface area contributed by atoms with Crippen molar-refractivity contribution in [2.45, 2.75) is 5.92 Å². The molecule has 5 rings (SSSR count). The van der Waals surface area contributed by atoms with Crippen LogP contribution in [0.4, 0.5) is 11.4 Å². The number of anilines is 2. The fraction of sp³-hybridized carbons (Fsp3) is 0.115. The standard InChI is InChI=1S/C26H23N2O3PS/c27-23-13-12-20(25-7-4-14-33-25)15-24(23)28-26(29)19-10-8-18(9-11-19)21-16-30-32(31-17-21)22-5-2-1-3-6-22/h1-15,21H,16-17,27H2,(H,28,29). The van der Waals surface area contributed by atoms with Gasteiger partial charge < -0.3 is 20.1 Å². The number of hydrogen-bond donors (Lipinski definition) is 2. The fourth-order valence-electron chi connectivity index (χ4n) is 3.65. The van der Waals surface area contributed by atoms with Crippen molar-refractivity contribution in [1.82, 2.24) is 0 Å². The third-order valence-electron chi connectivity index (χ3n) is 5.50. The Morgan fingerprint density at radius 2 is 1.70 bits per heavy atom. The van der Waals surface area contributed by atoms with E-state index in [2.05, 4.69) is 5.32 Å². The lowest BCUT2D eigenvalue weighted by atomic mass is 9.99. The zero-order valence-electron chi connectivity index (χ0n) is 17.8. The summed E-state index contributed by atoms with van der Waals surface area (Å²) in [5.41, 5.74) is 9.94. The van der Waals surface area contributed by atoms with Crippen LogP contribution in [0.3, 0.4) is 0 Å². The molecule has 3 N–H and O–H groups in total. The lowest BCUT2D eigenvalue weighted by Crippen LogP contribution is -2.21. The summed E-state index contributed by atoms with van der Waals surface area (Å²) in [5, 5.41) is 6.05. The first-order chi connectivity index (χ1) is 16.2. The highest BCUT2D eigenvalue weighted by atomic mass is 32.1. The smallest absolute Gasteiger partial charge is 0.255 e. The van der Waals surface area contributed by atoms with Crippen LogP contribution in [0.2, 0.25) is 0 Å². The van der Waals surface area contributed by atoms with Gasteiger partial charge in [-0.3, -0.25) is 4.79 Å². The molecular weight excluding hydrogens is 451 g/mol. The second kappa shape index (κ2) is 9.86. The number of thiophene rings is 1. The predicted molar refractivity (Wildman–Crippen MR) is 136 cm³/mol. The topological polar surface area (TPSA) is 73.6 Å². The maximum atomic E-state index is 12.8. The summed E-state index contributed by atoms with van der Waals surface area (Å²) in [6, 6.07) is 27.4. The highest BCUT2D eigenvalue weighted by Gasteiger charge is 2.25. The van der Waals surface area contributed by atoms with E-state index in [1.807, 2.05) is 90.3 Å². The molecule has 2 heterocycles. The number of nitrogens with one attached hydrogen (secondary N) is 1. The average Bonchev–Trinajstić information content (AvgIpc) is 3.41. The van der Waals surface area contributed by atoms with Crippen molar-refractivity contribution in [3.8, 4) is 10.4 Å². The van der Waals surface area contributed by atoms with E-state index in [1.165, 1.54) is 0 Å². The summed E-state index contributed by atoms with van der Waals surface area (Å²) in [5.74, 6) is -0.0528. The van der Waals surface area contributed by atoms with Crippen LogP contribution in [0.1, 0.15) is 21.8 Å². The van der Waals surface area contributed by atoms with E-state index in [1.54, 1.807) is 11.3 Å². The minimum absolute atomic E-state index is 0.141. The Morgan fingerprint density at radius 3 is 2.39 bits per heavy atom. The molecule has 1 aliphatic heterocycles. The lowest BCUT2D eigenvalue weighted by Gasteiger charge is -2.28. The average molecular weight is 475 g/mol. The molecule has 166 valence electrons. The molecule has 33 heavy (non-hydrogen) atoms. The number of hydrogen-bond acceptors (Lipinski definition) is 5. The first-order valence-electron chi connectivity index (χ1n) is 10.6. The van der Waals surface area contributed by atoms with Crippen molar-refractivity contribution in [3.63, 3.8) is 0 Å². The molecule has 0 bridgehead atoms. The van der Waals surface area contributed by atoms with Crippen molar-refractivity contribution in [3.05, 3.63) is 101 Å². The third-order valence-corrected chi connectivity index (χ3v) is 7.91. The Morgan fingerprint density at radius 1 is 0.939 bits per heavy atom. The number of carbonyl (C=O) groups excluding carboxylic acids is 1. The number of benzene rings is 3. The number of rotatable bonds is 5. The molecule has 7 heteroatoms. The Bertz CT molecular complexity index is 1220. The molecule has 0 radical (unpaired) electrons. The third kappa shape index (κ3) is 5.00. The summed E-state index contributed by atoms with van der Waals surface area (Å²) < 4.78 is 12.0. The molecule has 1 amide bonds. The van der Waals surface area contributed by atoms with E-state index < -0.39 is 8.38 Å². The summed E-state index contributed by atoms with van der Waals surface area (Å²) in [6.07, 6.45) is 0. The van der Waals surface area contributed by atoms with E-state index >= 15 is 0 Å².